The van der Waals surface area contributed by atoms with Crippen LogP contribution in [0.1, 0.15) is 54.0 Å². The first-order valence-corrected chi connectivity index (χ1v) is 9.32. The molecule has 0 aliphatic carbocycles. The standard InChI is InChI=1S/C21H30N2O4/c1-8-23(9-2)17(16-18(24)26-21(6,7)27-19(16)25)22-15-13-11-10-12-14(15)20(3,4)5/h10-13,22H,8-9H2,1-7H3. The van der Waals surface area contributed by atoms with Crippen molar-refractivity contribution in [1.82, 2.24) is 4.90 Å². The summed E-state index contributed by atoms with van der Waals surface area (Å²) in [5.41, 5.74) is 1.69. The van der Waals surface area contributed by atoms with Crippen molar-refractivity contribution in [3.05, 3.63) is 41.2 Å². The number of rotatable bonds is 5. The van der Waals surface area contributed by atoms with Gasteiger partial charge < -0.3 is 19.7 Å². The molecule has 6 nitrogen and oxygen atoms in total. The summed E-state index contributed by atoms with van der Waals surface area (Å²) in [4.78, 5) is 27.2. The van der Waals surface area contributed by atoms with Crippen LogP contribution in [-0.2, 0) is 24.5 Å². The molecule has 148 valence electrons. The maximum absolute atomic E-state index is 12.6. The third-order valence-corrected chi connectivity index (χ3v) is 4.39. The summed E-state index contributed by atoms with van der Waals surface area (Å²) in [6.07, 6.45) is 0. The SMILES string of the molecule is CCN(CC)C(Nc1ccccc1C(C)(C)C)=C1C(=O)OC(C)(C)OC1=O. The Labute approximate surface area is 161 Å². The van der Waals surface area contributed by atoms with Gasteiger partial charge in [-0.05, 0) is 30.9 Å². The van der Waals surface area contributed by atoms with Crippen LogP contribution in [-0.4, -0.2) is 35.7 Å². The highest BCUT2D eigenvalue weighted by Gasteiger charge is 2.42. The van der Waals surface area contributed by atoms with Crippen molar-refractivity contribution in [3.8, 4) is 0 Å². The molecule has 1 aromatic carbocycles. The van der Waals surface area contributed by atoms with E-state index in [9.17, 15) is 9.59 Å². The Bertz CT molecular complexity index is 734. The highest BCUT2D eigenvalue weighted by Crippen LogP contribution is 2.32. The van der Waals surface area contributed by atoms with Gasteiger partial charge in [-0.15, -0.1) is 0 Å². The minimum atomic E-state index is -1.27. The zero-order valence-electron chi connectivity index (χ0n) is 17.3. The molecule has 1 N–H and O–H groups in total. The molecule has 0 radical (unpaired) electrons. The Morgan fingerprint density at radius 3 is 2.04 bits per heavy atom. The van der Waals surface area contributed by atoms with Gasteiger partial charge in [0.1, 0.15) is 5.82 Å². The molecule has 0 saturated carbocycles. The Kier molecular flexibility index (Phi) is 5.88. The number of nitrogens with one attached hydrogen (secondary N) is 1. The first kappa shape index (κ1) is 20.8. The fraction of sp³-hybridized carbons (Fsp3) is 0.524. The topological polar surface area (TPSA) is 67.9 Å². The lowest BCUT2D eigenvalue weighted by Crippen LogP contribution is -2.44. The lowest BCUT2D eigenvalue weighted by atomic mass is 9.86. The van der Waals surface area contributed by atoms with Crippen molar-refractivity contribution in [2.45, 2.75) is 59.7 Å². The molecule has 2 rings (SSSR count). The molecule has 0 amide bonds. The second-order valence-corrected chi connectivity index (χ2v) is 8.00. The number of hydrogen-bond acceptors (Lipinski definition) is 6. The van der Waals surface area contributed by atoms with Gasteiger partial charge in [-0.3, -0.25) is 0 Å². The second-order valence-electron chi connectivity index (χ2n) is 8.00. The molecular formula is C21H30N2O4. The molecule has 1 heterocycles. The Balaban J connectivity index is 2.59. The van der Waals surface area contributed by atoms with E-state index >= 15 is 0 Å². The van der Waals surface area contributed by atoms with Crippen molar-refractivity contribution < 1.29 is 19.1 Å². The second kappa shape index (κ2) is 7.62. The van der Waals surface area contributed by atoms with E-state index in [-0.39, 0.29) is 11.0 Å². The Hall–Kier alpha value is -2.50. The fourth-order valence-electron chi connectivity index (χ4n) is 3.06. The highest BCUT2D eigenvalue weighted by molar-refractivity contribution is 6.16. The summed E-state index contributed by atoms with van der Waals surface area (Å²) >= 11 is 0. The molecule has 1 saturated heterocycles. The number of nitrogens with zero attached hydrogens (tertiary/aromatic N) is 1. The number of cyclic esters (lactones) is 2. The number of benzene rings is 1. The minimum absolute atomic E-state index is 0.110. The van der Waals surface area contributed by atoms with Crippen LogP contribution in [0.5, 0.6) is 0 Å². The van der Waals surface area contributed by atoms with Gasteiger partial charge in [0.2, 0.25) is 0 Å². The molecule has 0 bridgehead atoms. The summed E-state index contributed by atoms with van der Waals surface area (Å²) in [6.45, 7) is 14.6. The van der Waals surface area contributed by atoms with Crippen molar-refractivity contribution in [2.75, 3.05) is 18.4 Å². The van der Waals surface area contributed by atoms with Crippen LogP contribution >= 0.6 is 0 Å². The molecule has 0 aromatic heterocycles. The van der Waals surface area contributed by atoms with Gasteiger partial charge in [0.05, 0.1) is 0 Å². The molecule has 0 unspecified atom stereocenters. The Morgan fingerprint density at radius 1 is 1.04 bits per heavy atom. The highest BCUT2D eigenvalue weighted by atomic mass is 16.7. The average Bonchev–Trinajstić information content (AvgIpc) is 2.53. The van der Waals surface area contributed by atoms with E-state index in [1.54, 1.807) is 13.8 Å². The van der Waals surface area contributed by atoms with Crippen LogP contribution in [0.25, 0.3) is 0 Å². The number of esters is 2. The zero-order valence-corrected chi connectivity index (χ0v) is 17.3. The molecule has 0 spiro atoms. The number of para-hydroxylation sites is 1. The molecule has 1 aliphatic heterocycles. The van der Waals surface area contributed by atoms with E-state index in [2.05, 4.69) is 26.1 Å². The molecule has 6 heteroatoms. The van der Waals surface area contributed by atoms with Gasteiger partial charge in [0, 0.05) is 32.6 Å². The van der Waals surface area contributed by atoms with Crippen LogP contribution in [0.3, 0.4) is 0 Å². The maximum atomic E-state index is 12.6. The zero-order chi connectivity index (χ0) is 20.4. The molecule has 0 atom stereocenters. The van der Waals surface area contributed by atoms with Crippen molar-refractivity contribution in [2.24, 2.45) is 0 Å². The fourth-order valence-corrected chi connectivity index (χ4v) is 3.06. The number of carbonyl (C=O) groups excluding carboxylic acids is 2. The molecule has 1 fully saturated rings. The van der Waals surface area contributed by atoms with E-state index in [0.29, 0.717) is 18.9 Å². The molecular weight excluding hydrogens is 344 g/mol. The van der Waals surface area contributed by atoms with Crippen LogP contribution in [0.15, 0.2) is 35.7 Å². The van der Waals surface area contributed by atoms with Crippen LogP contribution in [0, 0.1) is 0 Å². The third kappa shape index (κ3) is 4.62. The maximum Gasteiger partial charge on any atom is 0.352 e. The molecule has 27 heavy (non-hydrogen) atoms. The van der Waals surface area contributed by atoms with Crippen LogP contribution in [0.4, 0.5) is 5.69 Å². The largest absolute Gasteiger partial charge is 0.419 e. The van der Waals surface area contributed by atoms with Crippen LogP contribution < -0.4 is 5.32 Å². The third-order valence-electron chi connectivity index (χ3n) is 4.39. The number of anilines is 1. The summed E-state index contributed by atoms with van der Waals surface area (Å²) in [5, 5.41) is 3.32. The summed E-state index contributed by atoms with van der Waals surface area (Å²) < 4.78 is 10.6. The minimum Gasteiger partial charge on any atom is -0.419 e. The summed E-state index contributed by atoms with van der Waals surface area (Å²) in [5.74, 6) is -2.23. The van der Waals surface area contributed by atoms with Gasteiger partial charge in [-0.2, -0.15) is 0 Å². The monoisotopic (exact) mass is 374 g/mol. The smallest absolute Gasteiger partial charge is 0.352 e. The number of carbonyl (C=O) groups is 2. The van der Waals surface area contributed by atoms with E-state index in [1.165, 1.54) is 0 Å². The quantitative estimate of drug-likeness (QED) is 0.480. The van der Waals surface area contributed by atoms with E-state index < -0.39 is 17.7 Å². The predicted molar refractivity (Wildman–Crippen MR) is 105 cm³/mol. The first-order chi connectivity index (χ1) is 12.5. The van der Waals surface area contributed by atoms with Gasteiger partial charge in [0.25, 0.3) is 5.79 Å². The molecule has 1 aromatic rings. The average molecular weight is 374 g/mol. The summed E-state index contributed by atoms with van der Waals surface area (Å²) in [7, 11) is 0. The van der Waals surface area contributed by atoms with Gasteiger partial charge >= 0.3 is 11.9 Å². The van der Waals surface area contributed by atoms with Gasteiger partial charge in [0.15, 0.2) is 5.57 Å². The van der Waals surface area contributed by atoms with E-state index in [4.69, 9.17) is 9.47 Å². The first-order valence-electron chi connectivity index (χ1n) is 9.32. The number of ether oxygens (including phenoxy) is 2. The number of hydrogen-bond donors (Lipinski definition) is 1. The van der Waals surface area contributed by atoms with Crippen LogP contribution in [0.2, 0.25) is 0 Å². The normalized spacial score (nSPS) is 16.5. The molecule has 1 aliphatic rings. The lowest BCUT2D eigenvalue weighted by molar-refractivity contribution is -0.222. The van der Waals surface area contributed by atoms with Crippen molar-refractivity contribution in [3.63, 3.8) is 0 Å². The summed E-state index contributed by atoms with van der Waals surface area (Å²) in [6, 6.07) is 7.87. The van der Waals surface area contributed by atoms with E-state index in [1.807, 2.05) is 43.0 Å². The Morgan fingerprint density at radius 2 is 1.56 bits per heavy atom. The lowest BCUT2D eigenvalue weighted by Gasteiger charge is -2.34. The van der Waals surface area contributed by atoms with E-state index in [0.717, 1.165) is 11.3 Å². The predicted octanol–water partition coefficient (Wildman–Crippen LogP) is 3.79. The van der Waals surface area contributed by atoms with Crippen molar-refractivity contribution in [1.29, 1.82) is 0 Å². The van der Waals surface area contributed by atoms with Crippen molar-refractivity contribution >= 4 is 17.6 Å². The van der Waals surface area contributed by atoms with Gasteiger partial charge in [-0.1, -0.05) is 39.0 Å². The van der Waals surface area contributed by atoms with Gasteiger partial charge in [-0.25, -0.2) is 9.59 Å².